The fourth-order valence-corrected chi connectivity index (χ4v) is 2.04. The third kappa shape index (κ3) is 2.19. The maximum Gasteiger partial charge on any atom is 0.148 e. The lowest BCUT2D eigenvalue weighted by Gasteiger charge is -1.98. The van der Waals surface area contributed by atoms with E-state index >= 15 is 0 Å². The molecule has 0 radical (unpaired) electrons. The van der Waals surface area contributed by atoms with Gasteiger partial charge in [-0.25, -0.2) is 0 Å². The fourth-order valence-electron chi connectivity index (χ4n) is 1.14. The van der Waals surface area contributed by atoms with Gasteiger partial charge in [0.25, 0.3) is 0 Å². The molecule has 0 unspecified atom stereocenters. The van der Waals surface area contributed by atoms with Crippen LogP contribution in [0.4, 0.5) is 0 Å². The molecular formula is C9H7ClN2O2S. The normalized spacial score (nSPS) is 10.5. The second kappa shape index (κ2) is 4.04. The maximum absolute atomic E-state index is 9.29. The number of rotatable bonds is 2. The molecule has 0 atom stereocenters. The van der Waals surface area contributed by atoms with E-state index in [2.05, 4.69) is 10.2 Å². The Hall–Kier alpha value is -1.33. The van der Waals surface area contributed by atoms with Crippen molar-refractivity contribution in [2.24, 2.45) is 0 Å². The minimum absolute atomic E-state index is 0.00683. The molecule has 0 aliphatic rings. The summed E-state index contributed by atoms with van der Waals surface area (Å²) in [5.41, 5.74) is 0.626. The zero-order valence-electron chi connectivity index (χ0n) is 7.51. The van der Waals surface area contributed by atoms with Crippen LogP contribution in [-0.4, -0.2) is 20.4 Å². The third-order valence-corrected chi connectivity index (χ3v) is 3.11. The van der Waals surface area contributed by atoms with Crippen molar-refractivity contribution in [2.75, 3.05) is 0 Å². The quantitative estimate of drug-likeness (QED) is 0.794. The zero-order chi connectivity index (χ0) is 10.8. The van der Waals surface area contributed by atoms with Crippen LogP contribution in [0.15, 0.2) is 18.2 Å². The highest BCUT2D eigenvalue weighted by Gasteiger charge is 2.08. The number of aromatic hydroxyl groups is 2. The van der Waals surface area contributed by atoms with Crippen molar-refractivity contribution in [1.29, 1.82) is 0 Å². The average Bonchev–Trinajstić information content (AvgIpc) is 2.64. The van der Waals surface area contributed by atoms with E-state index < -0.39 is 0 Å². The first-order valence-electron chi connectivity index (χ1n) is 4.11. The summed E-state index contributed by atoms with van der Waals surface area (Å²) in [6.45, 7) is 0. The van der Waals surface area contributed by atoms with Crippen LogP contribution < -0.4 is 0 Å². The summed E-state index contributed by atoms with van der Waals surface area (Å²) in [6.07, 6.45) is 0. The molecular weight excluding hydrogens is 236 g/mol. The molecule has 0 spiro atoms. The topological polar surface area (TPSA) is 66.2 Å². The van der Waals surface area contributed by atoms with Gasteiger partial charge in [-0.15, -0.1) is 21.8 Å². The maximum atomic E-state index is 9.29. The molecule has 1 aromatic carbocycles. The number of hydrogen-bond acceptors (Lipinski definition) is 5. The van der Waals surface area contributed by atoms with E-state index in [0.717, 1.165) is 0 Å². The Morgan fingerprint density at radius 2 is 1.80 bits per heavy atom. The van der Waals surface area contributed by atoms with E-state index in [-0.39, 0.29) is 11.5 Å². The van der Waals surface area contributed by atoms with Gasteiger partial charge in [0, 0.05) is 11.6 Å². The molecule has 0 aliphatic heterocycles. The van der Waals surface area contributed by atoms with Gasteiger partial charge in [-0.05, 0) is 12.1 Å². The standard InChI is InChI=1S/C9H7ClN2O2S/c10-4-8-11-12-9(15-8)5-1-6(13)3-7(14)2-5/h1-3,13-14H,4H2. The van der Waals surface area contributed by atoms with E-state index in [4.69, 9.17) is 11.6 Å². The van der Waals surface area contributed by atoms with E-state index in [1.807, 2.05) is 0 Å². The third-order valence-electron chi connectivity index (χ3n) is 1.73. The van der Waals surface area contributed by atoms with Crippen LogP contribution in [0.25, 0.3) is 10.6 Å². The Balaban J connectivity index is 2.44. The average molecular weight is 243 g/mol. The van der Waals surface area contributed by atoms with Gasteiger partial charge in [-0.2, -0.15) is 0 Å². The molecule has 0 fully saturated rings. The monoisotopic (exact) mass is 242 g/mol. The van der Waals surface area contributed by atoms with Crippen LogP contribution in [-0.2, 0) is 5.88 Å². The van der Waals surface area contributed by atoms with Gasteiger partial charge < -0.3 is 10.2 Å². The lowest BCUT2D eigenvalue weighted by atomic mass is 10.2. The van der Waals surface area contributed by atoms with Gasteiger partial charge in [0.15, 0.2) is 0 Å². The van der Waals surface area contributed by atoms with Crippen molar-refractivity contribution in [3.05, 3.63) is 23.2 Å². The summed E-state index contributed by atoms with van der Waals surface area (Å²) in [5, 5.41) is 27.6. The van der Waals surface area contributed by atoms with E-state index in [1.165, 1.54) is 29.5 Å². The highest BCUT2D eigenvalue weighted by Crippen LogP contribution is 2.30. The van der Waals surface area contributed by atoms with Crippen molar-refractivity contribution < 1.29 is 10.2 Å². The van der Waals surface area contributed by atoms with Crippen molar-refractivity contribution in [1.82, 2.24) is 10.2 Å². The molecule has 1 heterocycles. The molecule has 15 heavy (non-hydrogen) atoms. The second-order valence-corrected chi connectivity index (χ2v) is 4.20. The van der Waals surface area contributed by atoms with Crippen molar-refractivity contribution in [3.8, 4) is 22.1 Å². The summed E-state index contributed by atoms with van der Waals surface area (Å²) >= 11 is 6.93. The number of phenolic OH excluding ortho intramolecular Hbond substituents is 2. The molecule has 0 saturated carbocycles. The lowest BCUT2D eigenvalue weighted by Crippen LogP contribution is -1.77. The molecule has 0 saturated heterocycles. The molecule has 2 aromatic rings. The highest BCUT2D eigenvalue weighted by atomic mass is 35.5. The van der Waals surface area contributed by atoms with E-state index in [1.54, 1.807) is 0 Å². The van der Waals surface area contributed by atoms with Gasteiger partial charge in [0.2, 0.25) is 0 Å². The largest absolute Gasteiger partial charge is 0.508 e. The fraction of sp³-hybridized carbons (Fsp3) is 0.111. The Bertz CT molecular complexity index is 466. The Labute approximate surface area is 94.8 Å². The van der Waals surface area contributed by atoms with Crippen LogP contribution >= 0.6 is 22.9 Å². The first-order valence-corrected chi connectivity index (χ1v) is 5.46. The number of benzene rings is 1. The van der Waals surface area contributed by atoms with Crippen LogP contribution in [0.5, 0.6) is 11.5 Å². The molecule has 0 amide bonds. The first-order chi connectivity index (χ1) is 7.19. The summed E-state index contributed by atoms with van der Waals surface area (Å²) in [7, 11) is 0. The highest BCUT2D eigenvalue weighted by molar-refractivity contribution is 7.14. The zero-order valence-corrected chi connectivity index (χ0v) is 9.09. The Kier molecular flexibility index (Phi) is 2.75. The first kappa shape index (κ1) is 10.2. The predicted octanol–water partition coefficient (Wildman–Crippen LogP) is 2.36. The molecule has 2 N–H and O–H groups in total. The number of aromatic nitrogens is 2. The summed E-state index contributed by atoms with van der Waals surface area (Å²) in [6, 6.07) is 4.28. The molecule has 4 nitrogen and oxygen atoms in total. The SMILES string of the molecule is Oc1cc(O)cc(-c2nnc(CCl)s2)c1. The summed E-state index contributed by atoms with van der Waals surface area (Å²) in [4.78, 5) is 0. The van der Waals surface area contributed by atoms with Crippen LogP contribution in [0.3, 0.4) is 0 Å². The van der Waals surface area contributed by atoms with Gasteiger partial charge in [-0.1, -0.05) is 11.3 Å². The van der Waals surface area contributed by atoms with Crippen molar-refractivity contribution in [3.63, 3.8) is 0 Å². The predicted molar refractivity (Wildman–Crippen MR) is 58.2 cm³/mol. The van der Waals surface area contributed by atoms with Gasteiger partial charge in [0.05, 0.1) is 5.88 Å². The van der Waals surface area contributed by atoms with Crippen molar-refractivity contribution >= 4 is 22.9 Å². The van der Waals surface area contributed by atoms with Crippen LogP contribution in [0.2, 0.25) is 0 Å². The minimum atomic E-state index is -0.00683. The van der Waals surface area contributed by atoms with E-state index in [9.17, 15) is 10.2 Å². The summed E-state index contributed by atoms with van der Waals surface area (Å²) < 4.78 is 0. The lowest BCUT2D eigenvalue weighted by molar-refractivity contribution is 0.451. The molecule has 1 aromatic heterocycles. The van der Waals surface area contributed by atoms with Gasteiger partial charge >= 0.3 is 0 Å². The molecule has 78 valence electrons. The molecule has 6 heteroatoms. The van der Waals surface area contributed by atoms with Crippen LogP contribution in [0.1, 0.15) is 5.01 Å². The van der Waals surface area contributed by atoms with Gasteiger partial charge in [0.1, 0.15) is 21.5 Å². The molecule has 0 aliphatic carbocycles. The molecule has 2 rings (SSSR count). The van der Waals surface area contributed by atoms with Gasteiger partial charge in [-0.3, -0.25) is 0 Å². The van der Waals surface area contributed by atoms with Crippen molar-refractivity contribution in [2.45, 2.75) is 5.88 Å². The minimum Gasteiger partial charge on any atom is -0.508 e. The Morgan fingerprint density at radius 3 is 2.33 bits per heavy atom. The Morgan fingerprint density at radius 1 is 1.13 bits per heavy atom. The van der Waals surface area contributed by atoms with Crippen LogP contribution in [0, 0.1) is 0 Å². The molecule has 0 bridgehead atoms. The van der Waals surface area contributed by atoms with E-state index in [0.29, 0.717) is 21.5 Å². The number of alkyl halides is 1. The number of phenols is 2. The summed E-state index contributed by atoms with van der Waals surface area (Å²) in [5.74, 6) is 0.294. The number of halogens is 1. The number of hydrogen-bond donors (Lipinski definition) is 2. The smallest absolute Gasteiger partial charge is 0.148 e. The number of nitrogens with zero attached hydrogens (tertiary/aromatic N) is 2. The second-order valence-electron chi connectivity index (χ2n) is 2.87.